The third-order valence-electron chi connectivity index (χ3n) is 8.85. The van der Waals surface area contributed by atoms with Crippen molar-refractivity contribution in [3.8, 4) is 5.75 Å². The van der Waals surface area contributed by atoms with Gasteiger partial charge in [0.15, 0.2) is 0 Å². The summed E-state index contributed by atoms with van der Waals surface area (Å²) in [5, 5.41) is 1.60. The molecule has 6 nitrogen and oxygen atoms in total. The van der Waals surface area contributed by atoms with E-state index in [-0.39, 0.29) is 50.9 Å². The number of pyridine rings is 1. The minimum atomic E-state index is -4.91. The standard InChI is InChI=1S/C33H33ClF7N3O3S/c1-2-6-26-31(47-22-18-27(48-19-22)33(39,40)41,12-5-15-44(26)29(45)28-24(32(36,37)38)7-4-14-42-28)30(46)43-16-11-20-17-21(34)9-10-23(20)25(43)8-3-13-35/h4,7,9-10,14,17-19,25-26H,2-3,5-6,8,11-13,15-16H2,1H3/t25-,26+,31-/m0/s1. The molecule has 2 aliphatic rings. The lowest BCUT2D eigenvalue weighted by Gasteiger charge is -2.51. The highest BCUT2D eigenvalue weighted by Crippen LogP contribution is 2.45. The van der Waals surface area contributed by atoms with Gasteiger partial charge in [0.1, 0.15) is 16.3 Å². The Hall–Kier alpha value is -3.39. The average Bonchev–Trinajstić information content (AvgIpc) is 3.52. The Morgan fingerprint density at radius 3 is 2.50 bits per heavy atom. The molecule has 3 aromatic rings. The molecule has 1 aromatic carbocycles. The molecule has 2 aliphatic heterocycles. The highest BCUT2D eigenvalue weighted by Gasteiger charge is 2.57. The summed E-state index contributed by atoms with van der Waals surface area (Å²) in [7, 11) is 0. The number of nitrogens with zero attached hydrogens (tertiary/aromatic N) is 3. The summed E-state index contributed by atoms with van der Waals surface area (Å²) in [6.45, 7) is 1.19. The first-order valence-electron chi connectivity index (χ1n) is 15.5. The topological polar surface area (TPSA) is 62.7 Å². The Morgan fingerprint density at radius 1 is 1.06 bits per heavy atom. The molecule has 1 saturated heterocycles. The number of likely N-dealkylation sites (tertiary alicyclic amines) is 1. The zero-order chi connectivity index (χ0) is 34.9. The number of piperidine rings is 1. The molecule has 48 heavy (non-hydrogen) atoms. The second kappa shape index (κ2) is 14.2. The molecule has 0 bridgehead atoms. The van der Waals surface area contributed by atoms with Crippen molar-refractivity contribution in [3.05, 3.63) is 80.3 Å². The normalized spacial score (nSPS) is 21.6. The van der Waals surface area contributed by atoms with Crippen LogP contribution in [0.4, 0.5) is 30.7 Å². The molecule has 2 amide bonds. The molecule has 0 unspecified atom stereocenters. The lowest BCUT2D eigenvalue weighted by Crippen LogP contribution is -2.68. The van der Waals surface area contributed by atoms with Crippen molar-refractivity contribution in [1.82, 2.24) is 14.8 Å². The first-order valence-corrected chi connectivity index (χ1v) is 16.8. The van der Waals surface area contributed by atoms with Crippen molar-refractivity contribution in [2.45, 2.75) is 81.9 Å². The van der Waals surface area contributed by atoms with Crippen LogP contribution in [0.2, 0.25) is 5.02 Å². The number of ether oxygens (including phenoxy) is 1. The summed E-state index contributed by atoms with van der Waals surface area (Å²) < 4.78 is 103. The molecular weight excluding hydrogens is 687 g/mol. The maximum Gasteiger partial charge on any atom is 0.425 e. The average molecular weight is 720 g/mol. The van der Waals surface area contributed by atoms with Crippen LogP contribution in [0.25, 0.3) is 0 Å². The highest BCUT2D eigenvalue weighted by molar-refractivity contribution is 7.10. The lowest BCUT2D eigenvalue weighted by molar-refractivity contribution is -0.162. The number of fused-ring (bicyclic) bond motifs is 1. The molecular formula is C33H33ClF7N3O3S. The number of hydrogen-bond donors (Lipinski definition) is 0. The zero-order valence-corrected chi connectivity index (χ0v) is 27.4. The van der Waals surface area contributed by atoms with Crippen LogP contribution >= 0.6 is 22.9 Å². The predicted molar refractivity (Wildman–Crippen MR) is 166 cm³/mol. The molecule has 0 aliphatic carbocycles. The number of hydrogen-bond acceptors (Lipinski definition) is 5. The van der Waals surface area contributed by atoms with E-state index in [4.69, 9.17) is 16.3 Å². The van der Waals surface area contributed by atoms with Gasteiger partial charge in [0.25, 0.3) is 11.8 Å². The Kier molecular flexibility index (Phi) is 10.6. The van der Waals surface area contributed by atoms with Crippen LogP contribution in [0.3, 0.4) is 0 Å². The van der Waals surface area contributed by atoms with Crippen molar-refractivity contribution in [2.24, 2.45) is 0 Å². The Morgan fingerprint density at radius 2 is 1.83 bits per heavy atom. The first kappa shape index (κ1) is 35.9. The van der Waals surface area contributed by atoms with E-state index >= 15 is 4.79 Å². The second-order valence-electron chi connectivity index (χ2n) is 11.9. The molecule has 3 atom stereocenters. The fraction of sp³-hybridized carbons (Fsp3) is 0.485. The van der Waals surface area contributed by atoms with E-state index in [1.54, 1.807) is 25.1 Å². The number of thiophene rings is 1. The van der Waals surface area contributed by atoms with E-state index in [9.17, 15) is 35.5 Å². The van der Waals surface area contributed by atoms with Crippen molar-refractivity contribution in [3.63, 3.8) is 0 Å². The zero-order valence-electron chi connectivity index (χ0n) is 25.8. The predicted octanol–water partition coefficient (Wildman–Crippen LogP) is 8.93. The van der Waals surface area contributed by atoms with Gasteiger partial charge >= 0.3 is 12.4 Å². The van der Waals surface area contributed by atoms with E-state index in [2.05, 4.69) is 4.98 Å². The number of amides is 2. The van der Waals surface area contributed by atoms with Gasteiger partial charge in [-0.3, -0.25) is 19.0 Å². The maximum atomic E-state index is 15.1. The molecule has 1 fully saturated rings. The molecule has 0 N–H and O–H groups in total. The highest BCUT2D eigenvalue weighted by atomic mass is 35.5. The number of carbonyl (C=O) groups is 2. The largest absolute Gasteiger partial charge is 0.474 e. The Bertz CT molecular complexity index is 1630. The first-order chi connectivity index (χ1) is 22.7. The van der Waals surface area contributed by atoms with Gasteiger partial charge in [-0.15, -0.1) is 11.3 Å². The van der Waals surface area contributed by atoms with Crippen molar-refractivity contribution in [2.75, 3.05) is 19.8 Å². The number of aromatic nitrogens is 1. The molecule has 5 rings (SSSR count). The molecule has 4 heterocycles. The molecule has 2 aromatic heterocycles. The van der Waals surface area contributed by atoms with Crippen LogP contribution in [-0.2, 0) is 23.6 Å². The summed E-state index contributed by atoms with van der Waals surface area (Å²) in [4.78, 5) is 34.6. The summed E-state index contributed by atoms with van der Waals surface area (Å²) in [6.07, 6.45) is -7.36. The minimum absolute atomic E-state index is 0.0361. The summed E-state index contributed by atoms with van der Waals surface area (Å²) in [5.74, 6) is -1.97. The number of benzene rings is 1. The van der Waals surface area contributed by atoms with E-state index < -0.39 is 64.7 Å². The molecule has 0 saturated carbocycles. The molecule has 15 heteroatoms. The third-order valence-corrected chi connectivity index (χ3v) is 10.0. The quantitative estimate of drug-likeness (QED) is 0.207. The van der Waals surface area contributed by atoms with Crippen molar-refractivity contribution >= 4 is 34.8 Å². The van der Waals surface area contributed by atoms with Gasteiger partial charge in [-0.25, -0.2) is 0 Å². The molecule has 260 valence electrons. The number of alkyl halides is 7. The number of rotatable bonds is 9. The lowest BCUT2D eigenvalue weighted by atomic mass is 9.78. The SMILES string of the molecule is CCC[C@H]1N(C(=O)c2ncccc2C(F)(F)F)CCC[C@@]1(Oc1csc(C(F)(F)F)c1)C(=O)N1CCc2cc(Cl)ccc2[C@@H]1CCCF. The van der Waals surface area contributed by atoms with Crippen LogP contribution in [0.15, 0.2) is 48.0 Å². The van der Waals surface area contributed by atoms with Gasteiger partial charge in [-0.2, -0.15) is 26.3 Å². The molecule has 0 radical (unpaired) electrons. The van der Waals surface area contributed by atoms with Gasteiger partial charge in [-0.05, 0) is 67.5 Å². The van der Waals surface area contributed by atoms with Gasteiger partial charge in [0, 0.05) is 42.2 Å². The van der Waals surface area contributed by atoms with E-state index in [1.165, 1.54) is 4.90 Å². The van der Waals surface area contributed by atoms with Gasteiger partial charge in [-0.1, -0.05) is 31.0 Å². The summed E-state index contributed by atoms with van der Waals surface area (Å²) in [5.41, 5.74) is -2.50. The van der Waals surface area contributed by atoms with Crippen LogP contribution in [0, 0.1) is 0 Å². The van der Waals surface area contributed by atoms with Crippen molar-refractivity contribution in [1.29, 1.82) is 0 Å². The van der Waals surface area contributed by atoms with Gasteiger partial charge < -0.3 is 14.5 Å². The summed E-state index contributed by atoms with van der Waals surface area (Å²) in [6, 6.07) is 5.92. The van der Waals surface area contributed by atoms with E-state index in [0.29, 0.717) is 29.2 Å². The number of carbonyl (C=O) groups excluding carboxylic acids is 2. The van der Waals surface area contributed by atoms with Crippen LogP contribution in [0.5, 0.6) is 5.75 Å². The van der Waals surface area contributed by atoms with Crippen molar-refractivity contribution < 1.29 is 45.1 Å². The third kappa shape index (κ3) is 7.15. The van der Waals surface area contributed by atoms with Gasteiger partial charge in [0.05, 0.1) is 24.3 Å². The number of halogens is 8. The smallest absolute Gasteiger partial charge is 0.425 e. The van der Waals surface area contributed by atoms with E-state index in [1.807, 2.05) is 0 Å². The minimum Gasteiger partial charge on any atom is -0.474 e. The van der Waals surface area contributed by atoms with Gasteiger partial charge in [0.2, 0.25) is 5.60 Å². The maximum absolute atomic E-state index is 15.1. The molecule has 0 spiro atoms. The van der Waals surface area contributed by atoms with Crippen LogP contribution < -0.4 is 4.74 Å². The fourth-order valence-electron chi connectivity index (χ4n) is 6.82. The van der Waals surface area contributed by atoms with Crippen LogP contribution in [0.1, 0.15) is 83.5 Å². The van der Waals surface area contributed by atoms with Crippen LogP contribution in [-0.4, -0.2) is 58.0 Å². The second-order valence-corrected chi connectivity index (χ2v) is 13.2. The Labute approximate surface area is 281 Å². The fourth-order valence-corrected chi connectivity index (χ4v) is 7.70. The monoisotopic (exact) mass is 719 g/mol. The van der Waals surface area contributed by atoms with E-state index in [0.717, 1.165) is 45.8 Å². The Balaban J connectivity index is 1.64. The summed E-state index contributed by atoms with van der Waals surface area (Å²) >= 11 is 6.61.